The Hall–Kier alpha value is -3.10. The number of nitrogens with zero attached hydrogens (tertiary/aromatic N) is 1. The van der Waals surface area contributed by atoms with Gasteiger partial charge in [0.05, 0.1) is 12.1 Å². The highest BCUT2D eigenvalue weighted by atomic mass is 35.5. The predicted molar refractivity (Wildman–Crippen MR) is 115 cm³/mol. The van der Waals surface area contributed by atoms with Crippen molar-refractivity contribution in [3.63, 3.8) is 0 Å². The minimum Gasteiger partial charge on any atom is -0.454 e. The summed E-state index contributed by atoms with van der Waals surface area (Å²) < 4.78 is 10.5. The van der Waals surface area contributed by atoms with Crippen LogP contribution in [0.1, 0.15) is 21.6 Å². The molecule has 0 aliphatic carbocycles. The Morgan fingerprint density at radius 3 is 2.73 bits per heavy atom. The van der Waals surface area contributed by atoms with Gasteiger partial charge in [-0.25, -0.2) is 4.98 Å². The number of fused-ring (bicyclic) bond motifs is 1. The lowest BCUT2D eigenvalue weighted by molar-refractivity contribution is -0.120. The van der Waals surface area contributed by atoms with Crippen molar-refractivity contribution in [2.24, 2.45) is 0 Å². The molecule has 0 saturated heterocycles. The maximum Gasteiger partial charge on any atom is 0.257 e. The number of hydrogen-bond donors (Lipinski definition) is 2. The van der Waals surface area contributed by atoms with Crippen LogP contribution in [0.3, 0.4) is 0 Å². The zero-order chi connectivity index (χ0) is 20.9. The van der Waals surface area contributed by atoms with E-state index in [1.807, 2.05) is 24.3 Å². The Morgan fingerprint density at radius 1 is 1.10 bits per heavy atom. The molecule has 1 aliphatic heterocycles. The monoisotopic (exact) mass is 443 g/mol. The first-order valence-electron chi connectivity index (χ1n) is 9.23. The molecule has 0 saturated carbocycles. The lowest BCUT2D eigenvalue weighted by atomic mass is 10.1. The highest BCUT2D eigenvalue weighted by Gasteiger charge is 2.17. The first-order chi connectivity index (χ1) is 14.6. The maximum atomic E-state index is 12.4. The number of hydrogen-bond acceptors (Lipinski definition) is 6. The minimum atomic E-state index is -0.304. The molecule has 0 atom stereocenters. The SMILES string of the molecule is O=C(Cc1csc(NC(=O)c2ccc3c(c2)OCO3)n1)NCCc1ccc(Cl)cc1. The Balaban J connectivity index is 1.25. The van der Waals surface area contributed by atoms with E-state index < -0.39 is 0 Å². The number of rotatable bonds is 7. The van der Waals surface area contributed by atoms with Crippen LogP contribution in [0.2, 0.25) is 5.02 Å². The molecule has 2 heterocycles. The summed E-state index contributed by atoms with van der Waals surface area (Å²) in [4.78, 5) is 28.9. The summed E-state index contributed by atoms with van der Waals surface area (Å²) in [5, 5.41) is 8.49. The van der Waals surface area contributed by atoms with Gasteiger partial charge < -0.3 is 14.8 Å². The molecule has 1 aromatic heterocycles. The van der Waals surface area contributed by atoms with Crippen molar-refractivity contribution in [3.05, 3.63) is 69.7 Å². The van der Waals surface area contributed by atoms with Gasteiger partial charge in [-0.2, -0.15) is 0 Å². The fourth-order valence-corrected chi connectivity index (χ4v) is 3.71. The van der Waals surface area contributed by atoms with Gasteiger partial charge in [0.2, 0.25) is 12.7 Å². The second-order valence-electron chi connectivity index (χ2n) is 6.57. The largest absolute Gasteiger partial charge is 0.454 e. The van der Waals surface area contributed by atoms with Gasteiger partial charge in [-0.15, -0.1) is 11.3 Å². The van der Waals surface area contributed by atoms with E-state index in [9.17, 15) is 9.59 Å². The van der Waals surface area contributed by atoms with Crippen LogP contribution in [0.5, 0.6) is 11.5 Å². The summed E-state index contributed by atoms with van der Waals surface area (Å²) in [5.41, 5.74) is 2.14. The lowest BCUT2D eigenvalue weighted by Crippen LogP contribution is -2.27. The zero-order valence-electron chi connectivity index (χ0n) is 15.8. The van der Waals surface area contributed by atoms with E-state index in [-0.39, 0.29) is 25.0 Å². The predicted octanol–water partition coefficient (Wildman–Crippen LogP) is 3.68. The normalized spacial score (nSPS) is 11.9. The Morgan fingerprint density at radius 2 is 1.90 bits per heavy atom. The van der Waals surface area contributed by atoms with Crippen molar-refractivity contribution in [2.75, 3.05) is 18.7 Å². The molecule has 0 spiro atoms. The number of carbonyl (C=O) groups excluding carboxylic acids is 2. The molecule has 0 bridgehead atoms. The molecule has 2 N–H and O–H groups in total. The third-order valence-electron chi connectivity index (χ3n) is 4.40. The average Bonchev–Trinajstić information content (AvgIpc) is 3.38. The van der Waals surface area contributed by atoms with E-state index in [1.165, 1.54) is 11.3 Å². The summed E-state index contributed by atoms with van der Waals surface area (Å²) in [6.45, 7) is 0.677. The van der Waals surface area contributed by atoms with Crippen LogP contribution in [0.4, 0.5) is 5.13 Å². The van der Waals surface area contributed by atoms with Crippen LogP contribution in [0, 0.1) is 0 Å². The maximum absolute atomic E-state index is 12.4. The molecule has 4 rings (SSSR count). The van der Waals surface area contributed by atoms with Crippen molar-refractivity contribution >= 4 is 39.9 Å². The highest BCUT2D eigenvalue weighted by Crippen LogP contribution is 2.32. The van der Waals surface area contributed by atoms with Crippen LogP contribution in [0.15, 0.2) is 47.8 Å². The number of benzene rings is 2. The molecule has 2 aromatic carbocycles. The second-order valence-corrected chi connectivity index (χ2v) is 7.86. The summed E-state index contributed by atoms with van der Waals surface area (Å²) in [6, 6.07) is 12.5. The molecule has 0 unspecified atom stereocenters. The molecule has 7 nitrogen and oxygen atoms in total. The topological polar surface area (TPSA) is 89.6 Å². The van der Waals surface area contributed by atoms with Crippen LogP contribution in [-0.4, -0.2) is 30.1 Å². The smallest absolute Gasteiger partial charge is 0.257 e. The van der Waals surface area contributed by atoms with E-state index in [1.54, 1.807) is 23.6 Å². The van der Waals surface area contributed by atoms with Gasteiger partial charge in [-0.1, -0.05) is 23.7 Å². The summed E-state index contributed by atoms with van der Waals surface area (Å²) in [7, 11) is 0. The van der Waals surface area contributed by atoms with Gasteiger partial charge >= 0.3 is 0 Å². The van der Waals surface area contributed by atoms with Crippen LogP contribution in [-0.2, 0) is 17.6 Å². The molecule has 30 heavy (non-hydrogen) atoms. The number of aromatic nitrogens is 1. The first kappa shape index (κ1) is 20.2. The van der Waals surface area contributed by atoms with Crippen LogP contribution < -0.4 is 20.1 Å². The van der Waals surface area contributed by atoms with E-state index >= 15 is 0 Å². The number of nitrogens with one attached hydrogen (secondary N) is 2. The van der Waals surface area contributed by atoms with Gasteiger partial charge in [-0.05, 0) is 42.3 Å². The van der Waals surface area contributed by atoms with E-state index in [0.29, 0.717) is 39.5 Å². The molecular formula is C21H18ClN3O4S. The van der Waals surface area contributed by atoms with Crippen molar-refractivity contribution in [3.8, 4) is 11.5 Å². The molecular weight excluding hydrogens is 426 g/mol. The minimum absolute atomic E-state index is 0.122. The van der Waals surface area contributed by atoms with Crippen molar-refractivity contribution in [1.29, 1.82) is 0 Å². The van der Waals surface area contributed by atoms with E-state index in [4.69, 9.17) is 21.1 Å². The summed E-state index contributed by atoms with van der Waals surface area (Å²) in [6.07, 6.45) is 0.869. The molecule has 0 fully saturated rings. The van der Waals surface area contributed by atoms with Gasteiger partial charge in [0, 0.05) is 22.5 Å². The number of anilines is 1. The standard InChI is InChI=1S/C21H18ClN3O4S/c22-15-4-1-13(2-5-15)7-8-23-19(26)10-16-11-30-21(24-16)25-20(27)14-3-6-17-18(9-14)29-12-28-17/h1-6,9,11H,7-8,10,12H2,(H,23,26)(H,24,25,27). The van der Waals surface area contributed by atoms with Gasteiger partial charge in [0.15, 0.2) is 16.6 Å². The molecule has 1 aliphatic rings. The number of halogens is 1. The number of carbonyl (C=O) groups is 2. The number of thiazole rings is 1. The first-order valence-corrected chi connectivity index (χ1v) is 10.5. The lowest BCUT2D eigenvalue weighted by Gasteiger charge is -2.05. The third-order valence-corrected chi connectivity index (χ3v) is 5.46. The summed E-state index contributed by atoms with van der Waals surface area (Å²) in [5.74, 6) is 0.729. The van der Waals surface area contributed by atoms with Crippen LogP contribution in [0.25, 0.3) is 0 Å². The van der Waals surface area contributed by atoms with Crippen molar-refractivity contribution in [1.82, 2.24) is 10.3 Å². The Kier molecular flexibility index (Phi) is 6.15. The Bertz CT molecular complexity index is 1070. The molecule has 154 valence electrons. The van der Waals surface area contributed by atoms with E-state index in [0.717, 1.165) is 12.0 Å². The Labute approximate surface area is 182 Å². The fraction of sp³-hybridized carbons (Fsp3) is 0.190. The average molecular weight is 444 g/mol. The number of ether oxygens (including phenoxy) is 2. The third kappa shape index (κ3) is 5.08. The van der Waals surface area contributed by atoms with Crippen LogP contribution >= 0.6 is 22.9 Å². The zero-order valence-corrected chi connectivity index (χ0v) is 17.4. The summed E-state index contributed by atoms with van der Waals surface area (Å²) >= 11 is 7.14. The molecule has 3 aromatic rings. The van der Waals surface area contributed by atoms with Gasteiger partial charge in [0.25, 0.3) is 5.91 Å². The van der Waals surface area contributed by atoms with Crippen molar-refractivity contribution < 1.29 is 19.1 Å². The quantitative estimate of drug-likeness (QED) is 0.581. The molecule has 0 radical (unpaired) electrons. The number of amides is 2. The highest BCUT2D eigenvalue weighted by molar-refractivity contribution is 7.14. The van der Waals surface area contributed by atoms with Gasteiger partial charge in [0.1, 0.15) is 0 Å². The van der Waals surface area contributed by atoms with E-state index in [2.05, 4.69) is 15.6 Å². The molecule has 2 amide bonds. The van der Waals surface area contributed by atoms with Gasteiger partial charge in [-0.3, -0.25) is 14.9 Å². The molecule has 9 heteroatoms. The fourth-order valence-electron chi connectivity index (χ4n) is 2.88. The van der Waals surface area contributed by atoms with Crippen molar-refractivity contribution in [2.45, 2.75) is 12.8 Å². The second kappa shape index (κ2) is 9.15.